The van der Waals surface area contributed by atoms with Crippen molar-refractivity contribution in [3.05, 3.63) is 34.1 Å². The molecule has 0 heterocycles. The third-order valence-electron chi connectivity index (χ3n) is 3.76. The molecule has 3 heteroatoms. The van der Waals surface area contributed by atoms with Crippen LogP contribution in [0.5, 0.6) is 0 Å². The number of benzene rings is 1. The van der Waals surface area contributed by atoms with Gasteiger partial charge in [-0.3, -0.25) is 0 Å². The molecular formula is C15H21BrFN. The van der Waals surface area contributed by atoms with E-state index in [0.717, 1.165) is 22.5 Å². The Kier molecular flexibility index (Phi) is 5.64. The zero-order valence-electron chi connectivity index (χ0n) is 10.7. The van der Waals surface area contributed by atoms with Gasteiger partial charge in [0, 0.05) is 16.6 Å². The first-order valence-corrected chi connectivity index (χ1v) is 7.69. The Morgan fingerprint density at radius 3 is 2.83 bits per heavy atom. The summed E-state index contributed by atoms with van der Waals surface area (Å²) < 4.78 is 14.4. The van der Waals surface area contributed by atoms with Gasteiger partial charge >= 0.3 is 0 Å². The second-order valence-electron chi connectivity index (χ2n) is 5.21. The van der Waals surface area contributed by atoms with E-state index in [2.05, 4.69) is 21.2 Å². The van der Waals surface area contributed by atoms with Gasteiger partial charge in [0.05, 0.1) is 0 Å². The van der Waals surface area contributed by atoms with Gasteiger partial charge in [0.2, 0.25) is 0 Å². The van der Waals surface area contributed by atoms with Crippen molar-refractivity contribution in [3.8, 4) is 0 Å². The van der Waals surface area contributed by atoms with E-state index in [4.69, 9.17) is 0 Å². The van der Waals surface area contributed by atoms with E-state index in [1.807, 2.05) is 6.07 Å². The maximum absolute atomic E-state index is 13.5. The summed E-state index contributed by atoms with van der Waals surface area (Å²) in [6, 6.07) is 5.10. The van der Waals surface area contributed by atoms with Crippen LogP contribution < -0.4 is 5.32 Å². The molecule has 18 heavy (non-hydrogen) atoms. The first kappa shape index (κ1) is 14.0. The molecule has 0 bridgehead atoms. The van der Waals surface area contributed by atoms with Crippen molar-refractivity contribution in [1.82, 2.24) is 5.32 Å². The Bertz CT molecular complexity index is 375. The fourth-order valence-electron chi connectivity index (χ4n) is 2.72. The SMILES string of the molecule is Fc1ccc(Br)cc1CNCCCC1CCCC1. The van der Waals surface area contributed by atoms with E-state index in [1.54, 1.807) is 6.07 Å². The largest absolute Gasteiger partial charge is 0.313 e. The van der Waals surface area contributed by atoms with Gasteiger partial charge in [-0.1, -0.05) is 41.6 Å². The highest BCUT2D eigenvalue weighted by Gasteiger charge is 2.13. The third-order valence-corrected chi connectivity index (χ3v) is 4.26. The zero-order chi connectivity index (χ0) is 12.8. The van der Waals surface area contributed by atoms with Crippen LogP contribution >= 0.6 is 15.9 Å². The maximum Gasteiger partial charge on any atom is 0.127 e. The summed E-state index contributed by atoms with van der Waals surface area (Å²) in [5.41, 5.74) is 0.741. The lowest BCUT2D eigenvalue weighted by Crippen LogP contribution is -2.16. The molecule has 1 aromatic carbocycles. The molecule has 0 amide bonds. The van der Waals surface area contributed by atoms with Crippen LogP contribution in [0.15, 0.2) is 22.7 Å². The number of hydrogen-bond acceptors (Lipinski definition) is 1. The summed E-state index contributed by atoms with van der Waals surface area (Å²) >= 11 is 3.37. The topological polar surface area (TPSA) is 12.0 Å². The molecule has 0 aliphatic heterocycles. The van der Waals surface area contributed by atoms with Crippen molar-refractivity contribution in [2.75, 3.05) is 6.54 Å². The molecular weight excluding hydrogens is 293 g/mol. The summed E-state index contributed by atoms with van der Waals surface area (Å²) in [4.78, 5) is 0. The van der Waals surface area contributed by atoms with Crippen molar-refractivity contribution in [2.45, 2.75) is 45.1 Å². The molecule has 1 aliphatic carbocycles. The Balaban J connectivity index is 1.64. The number of halogens is 2. The second kappa shape index (κ2) is 7.25. The standard InChI is InChI=1S/C15H21BrFN/c16-14-7-8-15(17)13(10-14)11-18-9-3-6-12-4-1-2-5-12/h7-8,10,12,18H,1-6,9,11H2. The van der Waals surface area contributed by atoms with Crippen LogP contribution in [0, 0.1) is 11.7 Å². The van der Waals surface area contributed by atoms with Gasteiger partial charge in [-0.05, 0) is 43.5 Å². The van der Waals surface area contributed by atoms with Crippen molar-refractivity contribution in [1.29, 1.82) is 0 Å². The van der Waals surface area contributed by atoms with Crippen LogP contribution in [0.1, 0.15) is 44.1 Å². The molecule has 0 aromatic heterocycles. The highest BCUT2D eigenvalue weighted by molar-refractivity contribution is 9.10. The van der Waals surface area contributed by atoms with Crippen molar-refractivity contribution < 1.29 is 4.39 Å². The molecule has 2 rings (SSSR count). The molecule has 0 radical (unpaired) electrons. The number of nitrogens with one attached hydrogen (secondary N) is 1. The van der Waals surface area contributed by atoms with Crippen LogP contribution in [0.25, 0.3) is 0 Å². The smallest absolute Gasteiger partial charge is 0.127 e. The van der Waals surface area contributed by atoms with E-state index in [1.165, 1.54) is 44.6 Å². The zero-order valence-corrected chi connectivity index (χ0v) is 12.3. The molecule has 100 valence electrons. The maximum atomic E-state index is 13.5. The molecule has 1 aliphatic rings. The average Bonchev–Trinajstić information content (AvgIpc) is 2.86. The van der Waals surface area contributed by atoms with Gasteiger partial charge in [0.15, 0.2) is 0 Å². The Hall–Kier alpha value is -0.410. The fraction of sp³-hybridized carbons (Fsp3) is 0.600. The van der Waals surface area contributed by atoms with Crippen LogP contribution in [0.3, 0.4) is 0 Å². The minimum absolute atomic E-state index is 0.124. The van der Waals surface area contributed by atoms with Gasteiger partial charge in [-0.15, -0.1) is 0 Å². The summed E-state index contributed by atoms with van der Waals surface area (Å²) in [5.74, 6) is 0.830. The highest BCUT2D eigenvalue weighted by Crippen LogP contribution is 2.28. The van der Waals surface area contributed by atoms with Gasteiger partial charge in [0.1, 0.15) is 5.82 Å². The number of rotatable bonds is 6. The molecule has 1 saturated carbocycles. The lowest BCUT2D eigenvalue weighted by molar-refractivity contribution is 0.468. The first-order valence-electron chi connectivity index (χ1n) is 6.90. The predicted octanol–water partition coefficient (Wildman–Crippen LogP) is 4.65. The molecule has 0 atom stereocenters. The minimum atomic E-state index is -0.124. The molecule has 1 aromatic rings. The normalized spacial score (nSPS) is 16.3. The summed E-state index contributed by atoms with van der Waals surface area (Å²) in [5, 5.41) is 3.33. The van der Waals surface area contributed by atoms with Crippen molar-refractivity contribution in [3.63, 3.8) is 0 Å². The molecule has 1 N–H and O–H groups in total. The average molecular weight is 314 g/mol. The van der Waals surface area contributed by atoms with Gasteiger partial charge in [-0.25, -0.2) is 4.39 Å². The van der Waals surface area contributed by atoms with Gasteiger partial charge in [-0.2, -0.15) is 0 Å². The monoisotopic (exact) mass is 313 g/mol. The lowest BCUT2D eigenvalue weighted by Gasteiger charge is -2.10. The Labute approximate surface area is 117 Å². The quantitative estimate of drug-likeness (QED) is 0.754. The van der Waals surface area contributed by atoms with Crippen LogP contribution in [0.2, 0.25) is 0 Å². The van der Waals surface area contributed by atoms with E-state index in [0.29, 0.717) is 6.54 Å². The summed E-state index contributed by atoms with van der Waals surface area (Å²) in [6.07, 6.45) is 8.21. The lowest BCUT2D eigenvalue weighted by atomic mass is 10.0. The van der Waals surface area contributed by atoms with Crippen LogP contribution in [-0.2, 0) is 6.54 Å². The van der Waals surface area contributed by atoms with Crippen molar-refractivity contribution in [2.24, 2.45) is 5.92 Å². The second-order valence-corrected chi connectivity index (χ2v) is 6.12. The summed E-state index contributed by atoms with van der Waals surface area (Å²) in [6.45, 7) is 1.61. The van der Waals surface area contributed by atoms with Gasteiger partial charge < -0.3 is 5.32 Å². The van der Waals surface area contributed by atoms with E-state index in [9.17, 15) is 4.39 Å². The van der Waals surface area contributed by atoms with Crippen LogP contribution in [-0.4, -0.2) is 6.54 Å². The molecule has 1 nitrogen and oxygen atoms in total. The fourth-order valence-corrected chi connectivity index (χ4v) is 3.13. The molecule has 0 unspecified atom stereocenters. The predicted molar refractivity (Wildman–Crippen MR) is 77.0 cm³/mol. The molecule has 1 fully saturated rings. The first-order chi connectivity index (χ1) is 8.75. The van der Waals surface area contributed by atoms with Crippen LogP contribution in [0.4, 0.5) is 4.39 Å². The molecule has 0 spiro atoms. The Morgan fingerprint density at radius 1 is 1.28 bits per heavy atom. The Morgan fingerprint density at radius 2 is 2.06 bits per heavy atom. The number of hydrogen-bond donors (Lipinski definition) is 1. The van der Waals surface area contributed by atoms with E-state index in [-0.39, 0.29) is 5.82 Å². The van der Waals surface area contributed by atoms with Gasteiger partial charge in [0.25, 0.3) is 0 Å². The third kappa shape index (κ3) is 4.36. The highest BCUT2D eigenvalue weighted by atomic mass is 79.9. The van der Waals surface area contributed by atoms with E-state index < -0.39 is 0 Å². The van der Waals surface area contributed by atoms with Crippen molar-refractivity contribution >= 4 is 15.9 Å². The minimum Gasteiger partial charge on any atom is -0.313 e. The van der Waals surface area contributed by atoms with E-state index >= 15 is 0 Å². The summed E-state index contributed by atoms with van der Waals surface area (Å²) in [7, 11) is 0. The molecule has 0 saturated heterocycles.